The second-order valence-corrected chi connectivity index (χ2v) is 7.77. The molecule has 2 rings (SSSR count). The highest BCUT2D eigenvalue weighted by Crippen LogP contribution is 2.49. The Kier molecular flexibility index (Phi) is 4.22. The summed E-state index contributed by atoms with van der Waals surface area (Å²) in [5.74, 6) is 0. The molecule has 7 heteroatoms. The molecule has 1 aromatic rings. The number of nitrogens with zero attached hydrogens (tertiary/aromatic N) is 1. The van der Waals surface area contributed by atoms with Crippen LogP contribution in [0.2, 0.25) is 0 Å². The molecule has 6 nitrogen and oxygen atoms in total. The Hall–Kier alpha value is -1.63. The van der Waals surface area contributed by atoms with Crippen molar-refractivity contribution in [3.8, 4) is 0 Å². The van der Waals surface area contributed by atoms with Crippen LogP contribution < -0.4 is 5.32 Å². The van der Waals surface area contributed by atoms with E-state index in [-0.39, 0.29) is 21.7 Å². The van der Waals surface area contributed by atoms with Gasteiger partial charge in [0.1, 0.15) is 10.6 Å². The number of nitro benzene ring substituents is 1. The van der Waals surface area contributed by atoms with Crippen molar-refractivity contribution >= 4 is 21.2 Å². The predicted octanol–water partition coefficient (Wildman–Crippen LogP) is 2.99. The van der Waals surface area contributed by atoms with E-state index in [0.717, 1.165) is 31.9 Å². The zero-order chi connectivity index (χ0) is 15.7. The van der Waals surface area contributed by atoms with Crippen LogP contribution in [0.5, 0.6) is 0 Å². The van der Waals surface area contributed by atoms with Gasteiger partial charge in [-0.05, 0) is 36.8 Å². The fraction of sp³-hybridized carbons (Fsp3) is 0.571. The van der Waals surface area contributed by atoms with Crippen LogP contribution in [-0.2, 0) is 9.84 Å². The monoisotopic (exact) mass is 312 g/mol. The lowest BCUT2D eigenvalue weighted by atomic mass is 10.0. The van der Waals surface area contributed by atoms with E-state index in [9.17, 15) is 18.5 Å². The van der Waals surface area contributed by atoms with Gasteiger partial charge in [0, 0.05) is 12.8 Å². The van der Waals surface area contributed by atoms with E-state index in [2.05, 4.69) is 12.2 Å². The van der Waals surface area contributed by atoms with Crippen molar-refractivity contribution in [3.63, 3.8) is 0 Å². The SMILES string of the molecule is CCCC1(CNc2cccc(S(C)(=O)=O)c2[N+](=O)[O-])CC1. The first-order valence-corrected chi connectivity index (χ1v) is 8.89. The molecule has 116 valence electrons. The molecule has 0 bridgehead atoms. The molecule has 0 heterocycles. The highest BCUT2D eigenvalue weighted by molar-refractivity contribution is 7.90. The Morgan fingerprint density at radius 1 is 1.38 bits per heavy atom. The number of sulfone groups is 1. The number of hydrogen-bond acceptors (Lipinski definition) is 5. The molecule has 1 fully saturated rings. The average molecular weight is 312 g/mol. The van der Waals surface area contributed by atoms with Crippen molar-refractivity contribution in [2.45, 2.75) is 37.5 Å². The molecule has 0 radical (unpaired) electrons. The first-order chi connectivity index (χ1) is 9.79. The summed E-state index contributed by atoms with van der Waals surface area (Å²) in [7, 11) is -3.63. The minimum absolute atomic E-state index is 0.226. The van der Waals surface area contributed by atoms with Crippen LogP contribution in [0.3, 0.4) is 0 Å². The number of nitrogens with one attached hydrogen (secondary N) is 1. The lowest BCUT2D eigenvalue weighted by Gasteiger charge is -2.16. The first kappa shape index (κ1) is 15.8. The number of nitro groups is 1. The van der Waals surface area contributed by atoms with Crippen molar-refractivity contribution in [1.29, 1.82) is 0 Å². The number of rotatable bonds is 7. The van der Waals surface area contributed by atoms with Crippen LogP contribution in [0.25, 0.3) is 0 Å². The number of benzene rings is 1. The summed E-state index contributed by atoms with van der Waals surface area (Å²) in [6, 6.07) is 4.37. The summed E-state index contributed by atoms with van der Waals surface area (Å²) < 4.78 is 23.4. The van der Waals surface area contributed by atoms with Crippen LogP contribution in [0.1, 0.15) is 32.6 Å². The van der Waals surface area contributed by atoms with Crippen molar-refractivity contribution in [2.75, 3.05) is 18.1 Å². The van der Waals surface area contributed by atoms with Gasteiger partial charge in [0.15, 0.2) is 9.84 Å². The van der Waals surface area contributed by atoms with Gasteiger partial charge in [-0.25, -0.2) is 8.42 Å². The molecule has 0 aromatic heterocycles. The maximum absolute atomic E-state index is 11.7. The van der Waals surface area contributed by atoms with Crippen LogP contribution >= 0.6 is 0 Å². The van der Waals surface area contributed by atoms with E-state index in [1.807, 2.05) is 0 Å². The van der Waals surface area contributed by atoms with Crippen molar-refractivity contribution < 1.29 is 13.3 Å². The number of para-hydroxylation sites is 1. The average Bonchev–Trinajstić information content (AvgIpc) is 3.15. The summed E-state index contributed by atoms with van der Waals surface area (Å²) in [6.07, 6.45) is 5.38. The predicted molar refractivity (Wildman–Crippen MR) is 81.3 cm³/mol. The van der Waals surface area contributed by atoms with Crippen LogP contribution in [0, 0.1) is 15.5 Å². The normalized spacial score (nSPS) is 16.5. The minimum atomic E-state index is -3.63. The maximum Gasteiger partial charge on any atom is 0.310 e. The summed E-state index contributed by atoms with van der Waals surface area (Å²) in [5.41, 5.74) is 0.154. The second-order valence-electron chi connectivity index (χ2n) is 5.79. The molecule has 0 aliphatic heterocycles. The van der Waals surface area contributed by atoms with Crippen molar-refractivity contribution in [1.82, 2.24) is 0 Å². The fourth-order valence-corrected chi connectivity index (χ4v) is 3.52. The Balaban J connectivity index is 2.30. The smallest absolute Gasteiger partial charge is 0.310 e. The number of anilines is 1. The summed E-state index contributed by atoms with van der Waals surface area (Å²) in [4.78, 5) is 10.4. The molecular weight excluding hydrogens is 292 g/mol. The van der Waals surface area contributed by atoms with Crippen molar-refractivity contribution in [2.24, 2.45) is 5.41 Å². The lowest BCUT2D eigenvalue weighted by Crippen LogP contribution is -2.16. The van der Waals surface area contributed by atoms with Crippen LogP contribution in [-0.4, -0.2) is 26.1 Å². The standard InChI is InChI=1S/C14H20N2O4S/c1-3-7-14(8-9-14)10-15-11-5-4-6-12(21(2,19)20)13(11)16(17)18/h4-6,15H,3,7-10H2,1-2H3. The van der Waals surface area contributed by atoms with Gasteiger partial charge in [0.05, 0.1) is 4.92 Å². The van der Waals surface area contributed by atoms with Crippen LogP contribution in [0.4, 0.5) is 11.4 Å². The molecule has 21 heavy (non-hydrogen) atoms. The molecule has 1 aromatic carbocycles. The molecule has 1 N–H and O–H groups in total. The Morgan fingerprint density at radius 3 is 2.52 bits per heavy atom. The van der Waals surface area contributed by atoms with Gasteiger partial charge in [-0.15, -0.1) is 0 Å². The van der Waals surface area contributed by atoms with Gasteiger partial charge < -0.3 is 5.32 Å². The second kappa shape index (κ2) is 5.63. The Morgan fingerprint density at radius 2 is 2.05 bits per heavy atom. The largest absolute Gasteiger partial charge is 0.379 e. The summed E-state index contributed by atoms with van der Waals surface area (Å²) >= 11 is 0. The molecule has 0 saturated heterocycles. The quantitative estimate of drug-likeness (QED) is 0.617. The minimum Gasteiger partial charge on any atom is -0.379 e. The van der Waals surface area contributed by atoms with Gasteiger partial charge in [-0.3, -0.25) is 10.1 Å². The van der Waals surface area contributed by atoms with E-state index in [1.165, 1.54) is 12.1 Å². The molecule has 0 atom stereocenters. The molecule has 1 aliphatic carbocycles. The molecule has 1 saturated carbocycles. The zero-order valence-corrected chi connectivity index (χ0v) is 13.1. The molecule has 0 unspecified atom stereocenters. The third-order valence-electron chi connectivity index (χ3n) is 3.97. The van der Waals surface area contributed by atoms with Gasteiger partial charge in [0.2, 0.25) is 0 Å². The van der Waals surface area contributed by atoms with Gasteiger partial charge in [-0.1, -0.05) is 19.4 Å². The van der Waals surface area contributed by atoms with Crippen molar-refractivity contribution in [3.05, 3.63) is 28.3 Å². The molecule has 1 aliphatic rings. The molecular formula is C14H20N2O4S. The third-order valence-corrected chi connectivity index (χ3v) is 5.10. The highest BCUT2D eigenvalue weighted by Gasteiger charge is 2.41. The van der Waals surface area contributed by atoms with Gasteiger partial charge in [-0.2, -0.15) is 0 Å². The zero-order valence-electron chi connectivity index (χ0n) is 12.3. The van der Waals surface area contributed by atoms with Gasteiger partial charge >= 0.3 is 5.69 Å². The highest BCUT2D eigenvalue weighted by atomic mass is 32.2. The number of hydrogen-bond donors (Lipinski definition) is 1. The topological polar surface area (TPSA) is 89.3 Å². The van der Waals surface area contributed by atoms with E-state index in [4.69, 9.17) is 0 Å². The maximum atomic E-state index is 11.7. The Bertz CT molecular complexity index is 651. The van der Waals surface area contributed by atoms with E-state index < -0.39 is 14.8 Å². The Labute approximate surface area is 124 Å². The lowest BCUT2D eigenvalue weighted by molar-refractivity contribution is -0.386. The van der Waals surface area contributed by atoms with E-state index in [1.54, 1.807) is 6.07 Å². The third kappa shape index (κ3) is 3.53. The molecule has 0 spiro atoms. The van der Waals surface area contributed by atoms with Crippen LogP contribution in [0.15, 0.2) is 23.1 Å². The van der Waals surface area contributed by atoms with E-state index in [0.29, 0.717) is 6.54 Å². The van der Waals surface area contributed by atoms with E-state index >= 15 is 0 Å². The fourth-order valence-electron chi connectivity index (χ4n) is 2.66. The summed E-state index contributed by atoms with van der Waals surface area (Å²) in [6.45, 7) is 2.77. The molecule has 0 amide bonds. The van der Waals surface area contributed by atoms with Gasteiger partial charge in [0.25, 0.3) is 0 Å². The first-order valence-electron chi connectivity index (χ1n) is 7.00. The summed E-state index contributed by atoms with van der Waals surface area (Å²) in [5, 5.41) is 14.3.